The maximum Gasteiger partial charge on any atom is 0.261 e. The number of rotatable bonds is 5. The highest BCUT2D eigenvalue weighted by Gasteiger charge is 2.33. The fourth-order valence-electron chi connectivity index (χ4n) is 2.94. The van der Waals surface area contributed by atoms with Gasteiger partial charge in [0.05, 0.1) is 17.7 Å². The van der Waals surface area contributed by atoms with Gasteiger partial charge < -0.3 is 9.73 Å². The smallest absolute Gasteiger partial charge is 0.261 e. The minimum absolute atomic E-state index is 0.157. The van der Waals surface area contributed by atoms with E-state index in [-0.39, 0.29) is 35.0 Å². The first-order valence-corrected chi connectivity index (χ1v) is 9.78. The summed E-state index contributed by atoms with van der Waals surface area (Å²) in [6, 6.07) is 7.85. The first-order chi connectivity index (χ1) is 14.3. The molecule has 2 N–H and O–H groups in total. The van der Waals surface area contributed by atoms with Gasteiger partial charge >= 0.3 is 0 Å². The number of thiazole rings is 1. The van der Waals surface area contributed by atoms with Gasteiger partial charge in [0.1, 0.15) is 11.5 Å². The van der Waals surface area contributed by atoms with E-state index >= 15 is 0 Å². The number of hydrogen-bond acceptors (Lipinski definition) is 7. The molecule has 0 saturated heterocycles. The largest absolute Gasteiger partial charge is 0.458 e. The number of fused-ring (bicyclic) bond motifs is 1. The summed E-state index contributed by atoms with van der Waals surface area (Å²) in [5.74, 6) is -0.329. The SMILES string of the molecule is CC(=O)NCc1ccc(-c2csc(NC(=O)c3ccc4c(c3)C(=O)N(C)C4=O)n2)o1. The molecule has 10 heteroatoms. The minimum atomic E-state index is -0.445. The zero-order valence-corrected chi connectivity index (χ0v) is 16.8. The predicted octanol–water partition coefficient (Wildman–Crippen LogP) is 2.52. The second-order valence-corrected chi connectivity index (χ2v) is 7.46. The number of imide groups is 1. The van der Waals surface area contributed by atoms with Crippen LogP contribution in [0.5, 0.6) is 0 Å². The van der Waals surface area contributed by atoms with Crippen molar-refractivity contribution >= 4 is 40.1 Å². The second kappa shape index (κ2) is 7.56. The number of aromatic nitrogens is 1. The van der Waals surface area contributed by atoms with Gasteiger partial charge in [-0.25, -0.2) is 4.98 Å². The van der Waals surface area contributed by atoms with Gasteiger partial charge in [-0.2, -0.15) is 0 Å². The summed E-state index contributed by atoms with van der Waals surface area (Å²) in [6.45, 7) is 1.70. The van der Waals surface area contributed by atoms with Gasteiger partial charge in [0.2, 0.25) is 5.91 Å². The van der Waals surface area contributed by atoms with E-state index in [1.807, 2.05) is 0 Å². The summed E-state index contributed by atoms with van der Waals surface area (Å²) in [5, 5.41) is 7.42. The third kappa shape index (κ3) is 3.60. The number of anilines is 1. The number of furan rings is 1. The summed E-state index contributed by atoms with van der Waals surface area (Å²) in [7, 11) is 1.40. The minimum Gasteiger partial charge on any atom is -0.458 e. The molecule has 152 valence electrons. The summed E-state index contributed by atoms with van der Waals surface area (Å²) in [6.07, 6.45) is 0. The van der Waals surface area contributed by atoms with Gasteiger partial charge in [-0.1, -0.05) is 0 Å². The van der Waals surface area contributed by atoms with Crippen molar-refractivity contribution in [2.24, 2.45) is 0 Å². The normalized spacial score (nSPS) is 12.8. The lowest BCUT2D eigenvalue weighted by Gasteiger charge is -2.03. The van der Waals surface area contributed by atoms with E-state index < -0.39 is 11.8 Å². The standard InChI is InChI=1S/C20H16N4O5S/c1-10(25)21-8-12-4-6-16(29-12)15-9-30-20(22-15)23-17(26)11-3-5-13-14(7-11)19(28)24(2)18(13)27/h3-7,9H,8H2,1-2H3,(H,21,25)(H,22,23,26). The predicted molar refractivity (Wildman–Crippen MR) is 108 cm³/mol. The Hall–Kier alpha value is -3.79. The Morgan fingerprint density at radius 2 is 1.90 bits per heavy atom. The maximum absolute atomic E-state index is 12.6. The van der Waals surface area contributed by atoms with Crippen LogP contribution in [0.15, 0.2) is 40.1 Å². The van der Waals surface area contributed by atoms with Crippen molar-refractivity contribution in [3.05, 3.63) is 58.2 Å². The Bertz CT molecular complexity index is 1200. The molecule has 0 aliphatic carbocycles. The molecular formula is C20H16N4O5S. The van der Waals surface area contributed by atoms with E-state index in [1.165, 1.54) is 43.5 Å². The monoisotopic (exact) mass is 424 g/mol. The fraction of sp³-hybridized carbons (Fsp3) is 0.150. The first-order valence-electron chi connectivity index (χ1n) is 8.90. The summed E-state index contributed by atoms with van der Waals surface area (Å²) < 4.78 is 5.65. The average Bonchev–Trinajstić information content (AvgIpc) is 3.43. The van der Waals surface area contributed by atoms with E-state index in [4.69, 9.17) is 4.42 Å². The average molecular weight is 424 g/mol. The lowest BCUT2D eigenvalue weighted by Crippen LogP contribution is -2.24. The van der Waals surface area contributed by atoms with Crippen molar-refractivity contribution in [2.75, 3.05) is 12.4 Å². The molecule has 0 bridgehead atoms. The van der Waals surface area contributed by atoms with Gasteiger partial charge in [0.15, 0.2) is 10.9 Å². The number of amides is 4. The van der Waals surface area contributed by atoms with Crippen LogP contribution >= 0.6 is 11.3 Å². The molecule has 2 aromatic heterocycles. The number of nitrogens with one attached hydrogen (secondary N) is 2. The second-order valence-electron chi connectivity index (χ2n) is 6.60. The van der Waals surface area contributed by atoms with E-state index in [0.29, 0.717) is 22.3 Å². The Labute approximate surface area is 174 Å². The molecule has 3 heterocycles. The highest BCUT2D eigenvalue weighted by Crippen LogP contribution is 2.28. The van der Waals surface area contributed by atoms with Crippen LogP contribution < -0.4 is 10.6 Å². The van der Waals surface area contributed by atoms with Crippen molar-refractivity contribution in [2.45, 2.75) is 13.5 Å². The Kier molecular flexibility index (Phi) is 4.92. The highest BCUT2D eigenvalue weighted by molar-refractivity contribution is 7.14. The summed E-state index contributed by atoms with van der Waals surface area (Å²) >= 11 is 1.22. The van der Waals surface area contributed by atoms with E-state index in [0.717, 1.165) is 4.90 Å². The van der Waals surface area contributed by atoms with Gasteiger partial charge in [-0.15, -0.1) is 11.3 Å². The lowest BCUT2D eigenvalue weighted by atomic mass is 10.1. The molecule has 0 atom stereocenters. The molecule has 1 aliphatic rings. The topological polar surface area (TPSA) is 122 Å². The van der Waals surface area contributed by atoms with Crippen molar-refractivity contribution in [1.29, 1.82) is 0 Å². The molecule has 9 nitrogen and oxygen atoms in total. The molecule has 30 heavy (non-hydrogen) atoms. The van der Waals surface area contributed by atoms with Crippen LogP contribution in [0.1, 0.15) is 43.8 Å². The quantitative estimate of drug-likeness (QED) is 0.607. The Morgan fingerprint density at radius 1 is 1.13 bits per heavy atom. The third-order valence-electron chi connectivity index (χ3n) is 4.50. The molecule has 0 spiro atoms. The zero-order valence-electron chi connectivity index (χ0n) is 16.0. The summed E-state index contributed by atoms with van der Waals surface area (Å²) in [5.41, 5.74) is 1.28. The zero-order chi connectivity index (χ0) is 21.4. The Balaban J connectivity index is 1.47. The van der Waals surface area contributed by atoms with Crippen molar-refractivity contribution in [3.8, 4) is 11.5 Å². The van der Waals surface area contributed by atoms with Crippen LogP contribution in [-0.4, -0.2) is 40.6 Å². The number of benzene rings is 1. The van der Waals surface area contributed by atoms with Gasteiger partial charge in [-0.3, -0.25) is 29.4 Å². The maximum atomic E-state index is 12.6. The van der Waals surface area contributed by atoms with Crippen LogP contribution in [0.3, 0.4) is 0 Å². The molecule has 0 radical (unpaired) electrons. The van der Waals surface area contributed by atoms with E-state index in [2.05, 4.69) is 15.6 Å². The molecule has 0 fully saturated rings. The number of carbonyl (C=O) groups excluding carboxylic acids is 4. The fourth-order valence-corrected chi connectivity index (χ4v) is 3.63. The molecular weight excluding hydrogens is 408 g/mol. The van der Waals surface area contributed by atoms with Crippen LogP contribution in [0.2, 0.25) is 0 Å². The van der Waals surface area contributed by atoms with Crippen LogP contribution in [0.4, 0.5) is 5.13 Å². The first kappa shape index (κ1) is 19.5. The molecule has 3 aromatic rings. The molecule has 4 rings (SSSR count). The molecule has 0 saturated carbocycles. The van der Waals surface area contributed by atoms with Gasteiger partial charge in [-0.05, 0) is 30.3 Å². The van der Waals surface area contributed by atoms with E-state index in [1.54, 1.807) is 17.5 Å². The van der Waals surface area contributed by atoms with E-state index in [9.17, 15) is 19.2 Å². The molecule has 1 aromatic carbocycles. The van der Waals surface area contributed by atoms with Gasteiger partial charge in [0.25, 0.3) is 17.7 Å². The van der Waals surface area contributed by atoms with Crippen LogP contribution in [0, 0.1) is 0 Å². The third-order valence-corrected chi connectivity index (χ3v) is 5.26. The van der Waals surface area contributed by atoms with Crippen LogP contribution in [-0.2, 0) is 11.3 Å². The van der Waals surface area contributed by atoms with Crippen LogP contribution in [0.25, 0.3) is 11.5 Å². The number of nitrogens with zero attached hydrogens (tertiary/aromatic N) is 2. The molecule has 1 aliphatic heterocycles. The number of carbonyl (C=O) groups is 4. The van der Waals surface area contributed by atoms with Crippen molar-refractivity contribution < 1.29 is 23.6 Å². The van der Waals surface area contributed by atoms with Crippen molar-refractivity contribution in [3.63, 3.8) is 0 Å². The molecule has 4 amide bonds. The Morgan fingerprint density at radius 3 is 2.67 bits per heavy atom. The highest BCUT2D eigenvalue weighted by atomic mass is 32.1. The number of hydrogen-bond donors (Lipinski definition) is 2. The molecule has 0 unspecified atom stereocenters. The van der Waals surface area contributed by atoms with Crippen molar-refractivity contribution in [1.82, 2.24) is 15.2 Å². The summed E-state index contributed by atoms with van der Waals surface area (Å²) in [4.78, 5) is 53.0. The van der Waals surface area contributed by atoms with Gasteiger partial charge in [0, 0.05) is 24.9 Å². The lowest BCUT2D eigenvalue weighted by molar-refractivity contribution is -0.119.